The quantitative estimate of drug-likeness (QED) is 0.916. The summed E-state index contributed by atoms with van der Waals surface area (Å²) >= 11 is 0. The van der Waals surface area contributed by atoms with E-state index in [0.717, 1.165) is 31.7 Å². The van der Waals surface area contributed by atoms with Crippen LogP contribution in [-0.4, -0.2) is 30.8 Å². The van der Waals surface area contributed by atoms with Crippen LogP contribution in [0.4, 0.5) is 0 Å². The van der Waals surface area contributed by atoms with Gasteiger partial charge < -0.3 is 14.6 Å². The predicted octanol–water partition coefficient (Wildman–Crippen LogP) is 2.70. The van der Waals surface area contributed by atoms with E-state index in [1.807, 2.05) is 6.92 Å². The Hall–Kier alpha value is -2.14. The number of aryl methyl sites for hydroxylation is 2. The highest BCUT2D eigenvalue weighted by atomic mass is 16.5. The summed E-state index contributed by atoms with van der Waals surface area (Å²) in [5, 5.41) is 6.92. The van der Waals surface area contributed by atoms with Gasteiger partial charge in [-0.25, -0.2) is 0 Å². The lowest BCUT2D eigenvalue weighted by molar-refractivity contribution is -0.121. The second-order valence-electron chi connectivity index (χ2n) is 6.60. The highest BCUT2D eigenvalue weighted by Gasteiger charge is 2.35. The van der Waals surface area contributed by atoms with Gasteiger partial charge in [0, 0.05) is 31.2 Å². The number of carbonyl (C=O) groups excluding carboxylic acids is 1. The molecule has 0 saturated carbocycles. The topological polar surface area (TPSA) is 64.4 Å². The summed E-state index contributed by atoms with van der Waals surface area (Å²) in [6, 6.07) is 10.2. The summed E-state index contributed by atoms with van der Waals surface area (Å²) in [6.07, 6.45) is 2.06. The number of amides is 1. The molecule has 1 amide bonds. The molecule has 1 aromatic carbocycles. The van der Waals surface area contributed by atoms with Crippen molar-refractivity contribution < 1.29 is 14.1 Å². The zero-order chi connectivity index (χ0) is 17.0. The lowest BCUT2D eigenvalue weighted by Gasteiger charge is -2.39. The minimum Gasteiger partial charge on any atom is -0.381 e. The van der Waals surface area contributed by atoms with Gasteiger partial charge in [0.1, 0.15) is 5.76 Å². The SMILES string of the molecule is Cc1cc(CC(=O)NCC2(c3ccccc3C)CCOCC2)on1. The Morgan fingerprint density at radius 2 is 2.00 bits per heavy atom. The third kappa shape index (κ3) is 3.67. The third-order valence-electron chi connectivity index (χ3n) is 4.80. The molecular weight excluding hydrogens is 304 g/mol. The number of hydrogen-bond donors (Lipinski definition) is 1. The molecule has 1 saturated heterocycles. The van der Waals surface area contributed by atoms with Crippen molar-refractivity contribution in [2.24, 2.45) is 0 Å². The fourth-order valence-electron chi connectivity index (χ4n) is 3.46. The third-order valence-corrected chi connectivity index (χ3v) is 4.80. The molecule has 1 aliphatic rings. The maximum Gasteiger partial charge on any atom is 0.227 e. The summed E-state index contributed by atoms with van der Waals surface area (Å²) in [5.41, 5.74) is 3.30. The molecule has 0 bridgehead atoms. The van der Waals surface area contributed by atoms with E-state index in [0.29, 0.717) is 12.3 Å². The molecule has 5 heteroatoms. The summed E-state index contributed by atoms with van der Waals surface area (Å²) in [5.74, 6) is 0.563. The minimum atomic E-state index is -0.0589. The molecule has 1 aliphatic heterocycles. The Labute approximate surface area is 142 Å². The van der Waals surface area contributed by atoms with E-state index in [1.165, 1.54) is 11.1 Å². The number of carbonyl (C=O) groups is 1. The first-order chi connectivity index (χ1) is 11.6. The molecule has 1 N–H and O–H groups in total. The maximum absolute atomic E-state index is 12.3. The second-order valence-corrected chi connectivity index (χ2v) is 6.60. The number of benzene rings is 1. The zero-order valence-electron chi connectivity index (χ0n) is 14.3. The number of nitrogens with zero attached hydrogens (tertiary/aromatic N) is 1. The molecule has 1 aromatic heterocycles. The molecule has 24 heavy (non-hydrogen) atoms. The second kappa shape index (κ2) is 7.18. The number of rotatable bonds is 5. The average Bonchev–Trinajstić information content (AvgIpc) is 2.99. The van der Waals surface area contributed by atoms with Gasteiger partial charge in [-0.1, -0.05) is 29.4 Å². The van der Waals surface area contributed by atoms with E-state index in [9.17, 15) is 4.79 Å². The molecule has 0 aliphatic carbocycles. The van der Waals surface area contributed by atoms with Gasteiger partial charge in [0.2, 0.25) is 5.91 Å². The number of aromatic nitrogens is 1. The van der Waals surface area contributed by atoms with Crippen molar-refractivity contribution in [1.29, 1.82) is 0 Å². The summed E-state index contributed by atoms with van der Waals surface area (Å²) in [7, 11) is 0. The Morgan fingerprint density at radius 3 is 2.67 bits per heavy atom. The lowest BCUT2D eigenvalue weighted by atomic mass is 9.72. The van der Waals surface area contributed by atoms with Crippen LogP contribution < -0.4 is 5.32 Å². The van der Waals surface area contributed by atoms with Crippen LogP contribution in [0.1, 0.15) is 35.4 Å². The van der Waals surface area contributed by atoms with Crippen molar-refractivity contribution in [3.63, 3.8) is 0 Å². The van der Waals surface area contributed by atoms with Gasteiger partial charge in [-0.05, 0) is 37.8 Å². The van der Waals surface area contributed by atoms with Crippen LogP contribution in [0.15, 0.2) is 34.9 Å². The highest BCUT2D eigenvalue weighted by molar-refractivity contribution is 5.78. The lowest BCUT2D eigenvalue weighted by Crippen LogP contribution is -2.45. The van der Waals surface area contributed by atoms with E-state index < -0.39 is 0 Å². The molecule has 3 rings (SSSR count). The Bertz CT molecular complexity index is 702. The van der Waals surface area contributed by atoms with Gasteiger partial charge in [0.15, 0.2) is 0 Å². The summed E-state index contributed by atoms with van der Waals surface area (Å²) < 4.78 is 10.7. The van der Waals surface area contributed by atoms with E-state index >= 15 is 0 Å². The predicted molar refractivity (Wildman–Crippen MR) is 90.9 cm³/mol. The number of hydrogen-bond acceptors (Lipinski definition) is 4. The van der Waals surface area contributed by atoms with Gasteiger partial charge >= 0.3 is 0 Å². The van der Waals surface area contributed by atoms with Gasteiger partial charge in [0.05, 0.1) is 12.1 Å². The summed E-state index contributed by atoms with van der Waals surface area (Å²) in [4.78, 5) is 12.3. The van der Waals surface area contributed by atoms with Crippen molar-refractivity contribution in [3.8, 4) is 0 Å². The van der Waals surface area contributed by atoms with Gasteiger partial charge in [-0.2, -0.15) is 0 Å². The fourth-order valence-corrected chi connectivity index (χ4v) is 3.46. The number of nitrogens with one attached hydrogen (secondary N) is 1. The van der Waals surface area contributed by atoms with Crippen molar-refractivity contribution >= 4 is 5.91 Å². The van der Waals surface area contributed by atoms with Crippen LogP contribution >= 0.6 is 0 Å². The molecule has 5 nitrogen and oxygen atoms in total. The molecule has 128 valence electrons. The van der Waals surface area contributed by atoms with Crippen molar-refractivity contribution in [2.45, 2.75) is 38.5 Å². The van der Waals surface area contributed by atoms with Crippen LogP contribution in [0.2, 0.25) is 0 Å². The Balaban J connectivity index is 1.71. The smallest absolute Gasteiger partial charge is 0.227 e. The van der Waals surface area contributed by atoms with Gasteiger partial charge in [0.25, 0.3) is 0 Å². The van der Waals surface area contributed by atoms with Crippen molar-refractivity contribution in [1.82, 2.24) is 10.5 Å². The van der Waals surface area contributed by atoms with E-state index in [1.54, 1.807) is 6.07 Å². The van der Waals surface area contributed by atoms with E-state index in [-0.39, 0.29) is 17.7 Å². The summed E-state index contributed by atoms with van der Waals surface area (Å²) in [6.45, 7) is 6.05. The average molecular weight is 328 g/mol. The molecule has 0 atom stereocenters. The molecule has 2 aromatic rings. The molecule has 0 spiro atoms. The first kappa shape index (κ1) is 16.7. The molecule has 1 fully saturated rings. The molecular formula is C19H24N2O3. The maximum atomic E-state index is 12.3. The molecule has 0 unspecified atom stereocenters. The largest absolute Gasteiger partial charge is 0.381 e. The van der Waals surface area contributed by atoms with E-state index in [2.05, 4.69) is 41.7 Å². The van der Waals surface area contributed by atoms with Crippen LogP contribution in [-0.2, 0) is 21.4 Å². The Kier molecular flexibility index (Phi) is 5.00. The zero-order valence-corrected chi connectivity index (χ0v) is 14.3. The van der Waals surface area contributed by atoms with Crippen LogP contribution in [0.3, 0.4) is 0 Å². The Morgan fingerprint density at radius 1 is 1.25 bits per heavy atom. The normalized spacial score (nSPS) is 16.8. The first-order valence-corrected chi connectivity index (χ1v) is 8.42. The molecule has 0 radical (unpaired) electrons. The van der Waals surface area contributed by atoms with Crippen LogP contribution in [0.25, 0.3) is 0 Å². The first-order valence-electron chi connectivity index (χ1n) is 8.42. The van der Waals surface area contributed by atoms with E-state index in [4.69, 9.17) is 9.26 Å². The van der Waals surface area contributed by atoms with Crippen molar-refractivity contribution in [2.75, 3.05) is 19.8 Å². The minimum absolute atomic E-state index is 0.0365. The highest BCUT2D eigenvalue weighted by Crippen LogP contribution is 2.36. The standard InChI is InChI=1S/C19H24N2O3/c1-14-5-3-4-6-17(14)19(7-9-23-10-8-19)13-20-18(22)12-16-11-15(2)21-24-16/h3-6,11H,7-10,12-13H2,1-2H3,(H,20,22). The van der Waals surface area contributed by atoms with Crippen LogP contribution in [0, 0.1) is 13.8 Å². The fraction of sp³-hybridized carbons (Fsp3) is 0.474. The van der Waals surface area contributed by atoms with Crippen LogP contribution in [0.5, 0.6) is 0 Å². The van der Waals surface area contributed by atoms with Gasteiger partial charge in [-0.3, -0.25) is 4.79 Å². The monoisotopic (exact) mass is 328 g/mol. The molecule has 2 heterocycles. The number of ether oxygens (including phenoxy) is 1. The van der Waals surface area contributed by atoms with Crippen molar-refractivity contribution in [3.05, 3.63) is 52.9 Å². The van der Waals surface area contributed by atoms with Gasteiger partial charge in [-0.15, -0.1) is 0 Å².